The Morgan fingerprint density at radius 2 is 1.80 bits per heavy atom. The monoisotopic (exact) mass is 557 g/mol. The van der Waals surface area contributed by atoms with Gasteiger partial charge in [0, 0.05) is 35.0 Å². The van der Waals surface area contributed by atoms with Crippen LogP contribution in [0.4, 0.5) is 11.4 Å². The van der Waals surface area contributed by atoms with Gasteiger partial charge in [-0.2, -0.15) is 10.5 Å². The van der Waals surface area contributed by atoms with Crippen molar-refractivity contribution in [3.8, 4) is 17.8 Å². The van der Waals surface area contributed by atoms with Gasteiger partial charge in [-0.15, -0.1) is 5.10 Å². The van der Waals surface area contributed by atoms with Crippen LogP contribution in [0.3, 0.4) is 0 Å². The number of nitrogens with one attached hydrogen (secondary N) is 2. The van der Waals surface area contributed by atoms with E-state index in [0.717, 1.165) is 0 Å². The maximum absolute atomic E-state index is 10.1. The van der Waals surface area contributed by atoms with E-state index in [9.17, 15) is 10.5 Å². The van der Waals surface area contributed by atoms with Crippen LogP contribution in [-0.2, 0) is 5.44 Å². The zero-order chi connectivity index (χ0) is 29.2. The second-order valence-electron chi connectivity index (χ2n) is 10.8. The highest BCUT2D eigenvalue weighted by atomic mass is 35.5. The van der Waals surface area contributed by atoms with Crippen molar-refractivity contribution in [2.75, 3.05) is 17.2 Å². The number of rotatable bonds is 7. The summed E-state index contributed by atoms with van der Waals surface area (Å²) in [5, 5.41) is 36.4. The topological polar surface area (TPSA) is 128 Å². The van der Waals surface area contributed by atoms with Gasteiger partial charge in [-0.25, -0.2) is 4.68 Å². The molecular formula is C30H25BClN9. The summed E-state index contributed by atoms with van der Waals surface area (Å²) in [6, 6.07) is 18.8. The number of pyridine rings is 2. The summed E-state index contributed by atoms with van der Waals surface area (Å²) >= 11 is 6.66. The van der Waals surface area contributed by atoms with Gasteiger partial charge < -0.3 is 10.6 Å². The van der Waals surface area contributed by atoms with Gasteiger partial charge >= 0.3 is 0 Å². The van der Waals surface area contributed by atoms with Crippen molar-refractivity contribution in [3.05, 3.63) is 101 Å². The van der Waals surface area contributed by atoms with E-state index in [1.165, 1.54) is 6.20 Å². The second kappa shape index (κ2) is 10.9. The molecule has 2 N–H and O–H groups in total. The Kier molecular flexibility index (Phi) is 7.36. The molecule has 1 atom stereocenters. The van der Waals surface area contributed by atoms with Gasteiger partial charge in [-0.05, 0) is 41.3 Å². The van der Waals surface area contributed by atoms with Crippen molar-refractivity contribution in [2.45, 2.75) is 26.2 Å². The van der Waals surface area contributed by atoms with E-state index in [-0.39, 0.29) is 5.41 Å². The predicted octanol–water partition coefficient (Wildman–Crippen LogP) is 5.55. The average Bonchev–Trinajstić information content (AvgIpc) is 3.47. The number of halogens is 1. The first kappa shape index (κ1) is 27.6. The third kappa shape index (κ3) is 5.56. The van der Waals surface area contributed by atoms with Crippen LogP contribution in [0.15, 0.2) is 73.3 Å². The summed E-state index contributed by atoms with van der Waals surface area (Å²) in [5.41, 5.74) is 2.35. The predicted molar refractivity (Wildman–Crippen MR) is 160 cm³/mol. The van der Waals surface area contributed by atoms with E-state index < -0.39 is 5.44 Å². The minimum atomic E-state index is -1.46. The van der Waals surface area contributed by atoms with Crippen LogP contribution in [0.2, 0.25) is 5.02 Å². The van der Waals surface area contributed by atoms with E-state index in [1.54, 1.807) is 47.5 Å². The number of benzene rings is 2. The Bertz CT molecular complexity index is 1820. The Balaban J connectivity index is 1.68. The van der Waals surface area contributed by atoms with Crippen molar-refractivity contribution in [3.63, 3.8) is 0 Å². The highest BCUT2D eigenvalue weighted by Crippen LogP contribution is 2.37. The lowest BCUT2D eigenvalue weighted by Crippen LogP contribution is -2.38. The molecule has 0 bridgehead atoms. The Morgan fingerprint density at radius 1 is 1.02 bits per heavy atom. The normalized spacial score (nSPS) is 12.7. The fourth-order valence-corrected chi connectivity index (χ4v) is 4.71. The number of nitriles is 2. The molecule has 9 nitrogen and oxygen atoms in total. The van der Waals surface area contributed by atoms with Crippen LogP contribution >= 0.6 is 11.6 Å². The molecule has 3 heterocycles. The SMILES string of the molecule is [B]C(Nc1cc(C#N)c2ncc(C#N)c(NCC(C)(C)C)c2c1)(c1cn(-c2cccnc2)nn1)c1ccccc1Cl. The summed E-state index contributed by atoms with van der Waals surface area (Å²) in [4.78, 5) is 8.59. The fraction of sp³-hybridized carbons (Fsp3) is 0.200. The number of nitrogens with zero attached hydrogens (tertiary/aromatic N) is 7. The van der Waals surface area contributed by atoms with Gasteiger partial charge in [0.2, 0.25) is 0 Å². The van der Waals surface area contributed by atoms with Gasteiger partial charge in [-0.3, -0.25) is 9.97 Å². The lowest BCUT2D eigenvalue weighted by Gasteiger charge is -2.32. The van der Waals surface area contributed by atoms with Gasteiger partial charge in [0.25, 0.3) is 0 Å². The zero-order valence-electron chi connectivity index (χ0n) is 22.7. The lowest BCUT2D eigenvalue weighted by atomic mass is 9.69. The highest BCUT2D eigenvalue weighted by molar-refractivity contribution is 6.33. The number of hydrogen-bond donors (Lipinski definition) is 2. The molecule has 0 amide bonds. The molecule has 0 aliphatic carbocycles. The second-order valence-corrected chi connectivity index (χ2v) is 11.2. The van der Waals surface area contributed by atoms with Crippen molar-refractivity contribution >= 4 is 41.7 Å². The molecule has 0 saturated carbocycles. The first-order valence-electron chi connectivity index (χ1n) is 12.8. The molecule has 5 rings (SSSR count). The minimum Gasteiger partial charge on any atom is -0.383 e. The minimum absolute atomic E-state index is 0.0627. The molecule has 1 unspecified atom stereocenters. The maximum Gasteiger partial charge on any atom is 0.119 e. The molecule has 0 aliphatic heterocycles. The lowest BCUT2D eigenvalue weighted by molar-refractivity contribution is 0.443. The summed E-state index contributed by atoms with van der Waals surface area (Å²) in [5.74, 6) is 0. The Hall–Kier alpha value is -4.93. The van der Waals surface area contributed by atoms with Gasteiger partial charge in [0.15, 0.2) is 0 Å². The number of fused-ring (bicyclic) bond motifs is 1. The van der Waals surface area contributed by atoms with Gasteiger partial charge in [-0.1, -0.05) is 55.8 Å². The van der Waals surface area contributed by atoms with Gasteiger partial charge in [0.05, 0.1) is 45.9 Å². The van der Waals surface area contributed by atoms with Crippen LogP contribution in [0.25, 0.3) is 16.6 Å². The Labute approximate surface area is 244 Å². The number of aromatic nitrogens is 5. The molecular weight excluding hydrogens is 533 g/mol. The third-order valence-corrected chi connectivity index (χ3v) is 6.79. The molecule has 2 radical (unpaired) electrons. The molecule has 0 spiro atoms. The summed E-state index contributed by atoms with van der Waals surface area (Å²) in [6.45, 7) is 6.87. The van der Waals surface area contributed by atoms with Crippen molar-refractivity contribution < 1.29 is 0 Å². The largest absolute Gasteiger partial charge is 0.383 e. The molecule has 0 saturated heterocycles. The van der Waals surface area contributed by atoms with Crippen LogP contribution in [0.1, 0.15) is 43.2 Å². The molecule has 11 heteroatoms. The summed E-state index contributed by atoms with van der Waals surface area (Å²) in [7, 11) is 7.12. The number of anilines is 2. The highest BCUT2D eigenvalue weighted by Gasteiger charge is 2.34. The van der Waals surface area contributed by atoms with Crippen molar-refractivity contribution in [1.29, 1.82) is 10.5 Å². The standard InChI is InChI=1S/C30H25BClN9/c1-29(2,3)18-37-28-20(14-34)15-36-27-19(13-33)11-21(12-23(27)28)38-30(31,24-8-4-5-9-25(24)32)26-17-41(40-39-26)22-7-6-10-35-16-22/h4-12,15-17,38H,18H2,1-3H3,(H,36,37). The van der Waals surface area contributed by atoms with Gasteiger partial charge in [0.1, 0.15) is 25.7 Å². The summed E-state index contributed by atoms with van der Waals surface area (Å²) < 4.78 is 1.57. The van der Waals surface area contributed by atoms with E-state index in [1.807, 2.05) is 24.3 Å². The van der Waals surface area contributed by atoms with Crippen molar-refractivity contribution in [1.82, 2.24) is 25.0 Å². The molecule has 200 valence electrons. The molecule has 41 heavy (non-hydrogen) atoms. The quantitative estimate of drug-likeness (QED) is 0.249. The zero-order valence-corrected chi connectivity index (χ0v) is 23.5. The molecule has 2 aromatic carbocycles. The van der Waals surface area contributed by atoms with Crippen molar-refractivity contribution in [2.24, 2.45) is 5.41 Å². The first-order valence-corrected chi connectivity index (χ1v) is 13.2. The van der Waals surface area contributed by atoms with E-state index in [0.29, 0.717) is 61.9 Å². The first-order chi connectivity index (χ1) is 19.6. The molecule has 5 aromatic rings. The van der Waals surface area contributed by atoms with Crippen LogP contribution in [0, 0.1) is 28.1 Å². The third-order valence-electron chi connectivity index (χ3n) is 6.46. The van der Waals surface area contributed by atoms with Crippen LogP contribution in [-0.4, -0.2) is 39.4 Å². The van der Waals surface area contributed by atoms with Crippen LogP contribution in [0.5, 0.6) is 0 Å². The molecule has 3 aromatic heterocycles. The van der Waals surface area contributed by atoms with E-state index >= 15 is 0 Å². The van der Waals surface area contributed by atoms with E-state index in [4.69, 9.17) is 19.4 Å². The summed E-state index contributed by atoms with van der Waals surface area (Å²) in [6.07, 6.45) is 6.51. The fourth-order valence-electron chi connectivity index (χ4n) is 4.43. The smallest absolute Gasteiger partial charge is 0.119 e. The Morgan fingerprint density at radius 3 is 2.49 bits per heavy atom. The molecule has 0 fully saturated rings. The number of hydrogen-bond acceptors (Lipinski definition) is 8. The van der Waals surface area contributed by atoms with Crippen LogP contribution < -0.4 is 10.6 Å². The average molecular weight is 558 g/mol. The molecule has 0 aliphatic rings. The maximum atomic E-state index is 10.1. The van der Waals surface area contributed by atoms with E-state index in [2.05, 4.69) is 63.8 Å².